The summed E-state index contributed by atoms with van der Waals surface area (Å²) in [6.45, 7) is 10.1. The molecule has 24 heavy (non-hydrogen) atoms. The average molecular weight is 345 g/mol. The fourth-order valence-corrected chi connectivity index (χ4v) is 2.52. The fraction of sp³-hybridized carbons (Fsp3) is 0.706. The highest BCUT2D eigenvalue weighted by molar-refractivity contribution is 5.35. The summed E-state index contributed by atoms with van der Waals surface area (Å²) in [5, 5.41) is 0. The lowest BCUT2D eigenvalue weighted by molar-refractivity contribution is -0.139. The second kappa shape index (κ2) is 7.27. The van der Waals surface area contributed by atoms with Crippen molar-refractivity contribution in [2.45, 2.75) is 32.4 Å². The smallest absolute Gasteiger partial charge is 0.421 e. The minimum absolute atomic E-state index is 0.203. The van der Waals surface area contributed by atoms with Gasteiger partial charge >= 0.3 is 6.18 Å². The maximum atomic E-state index is 13.3. The number of nitrogens with zero attached hydrogens (tertiary/aromatic N) is 3. The van der Waals surface area contributed by atoms with Crippen molar-refractivity contribution in [1.29, 1.82) is 0 Å². The van der Waals surface area contributed by atoms with Gasteiger partial charge in [0.1, 0.15) is 12.2 Å². The second-order valence-electron chi connectivity index (χ2n) is 7.32. The molecule has 0 spiro atoms. The van der Waals surface area contributed by atoms with Crippen LogP contribution in [0.5, 0.6) is 5.88 Å². The van der Waals surface area contributed by atoms with Crippen molar-refractivity contribution in [1.82, 2.24) is 14.8 Å². The van der Waals surface area contributed by atoms with Gasteiger partial charge in [-0.2, -0.15) is 13.2 Å². The monoisotopic (exact) mass is 345 g/mol. The Morgan fingerprint density at radius 1 is 1.12 bits per heavy atom. The molecule has 0 saturated carbocycles. The van der Waals surface area contributed by atoms with Gasteiger partial charge in [0, 0.05) is 38.9 Å². The summed E-state index contributed by atoms with van der Waals surface area (Å²) in [6, 6.07) is 1.15. The number of hydrogen-bond acceptors (Lipinski definition) is 4. The number of hydrogen-bond donors (Lipinski definition) is 0. The van der Waals surface area contributed by atoms with Gasteiger partial charge in [-0.3, -0.25) is 4.90 Å². The first-order valence-corrected chi connectivity index (χ1v) is 8.19. The van der Waals surface area contributed by atoms with Crippen LogP contribution in [0.25, 0.3) is 0 Å². The zero-order valence-electron chi connectivity index (χ0n) is 14.8. The first-order chi connectivity index (χ1) is 11.1. The van der Waals surface area contributed by atoms with Crippen molar-refractivity contribution < 1.29 is 17.9 Å². The Hall–Kier alpha value is -1.34. The third-order valence-corrected chi connectivity index (χ3v) is 4.26. The summed E-state index contributed by atoms with van der Waals surface area (Å²) < 4.78 is 45.3. The van der Waals surface area contributed by atoms with Crippen LogP contribution in [0.3, 0.4) is 0 Å². The first kappa shape index (κ1) is 19.0. The number of aromatic nitrogens is 1. The van der Waals surface area contributed by atoms with Gasteiger partial charge in [-0.05, 0) is 24.1 Å². The SMILES string of the molecule is CN1CCN(CCOc2ncc(C(C)(C)C)cc2C(F)(F)F)CC1. The van der Waals surface area contributed by atoms with E-state index in [-0.39, 0.29) is 12.5 Å². The molecular formula is C17H26F3N3O. The predicted molar refractivity (Wildman–Crippen MR) is 87.4 cm³/mol. The van der Waals surface area contributed by atoms with Crippen molar-refractivity contribution in [3.05, 3.63) is 23.4 Å². The van der Waals surface area contributed by atoms with Gasteiger partial charge in [0.15, 0.2) is 0 Å². The van der Waals surface area contributed by atoms with E-state index in [1.165, 1.54) is 6.20 Å². The molecule has 0 unspecified atom stereocenters. The van der Waals surface area contributed by atoms with E-state index in [0.717, 1.165) is 32.2 Å². The van der Waals surface area contributed by atoms with Crippen molar-refractivity contribution in [2.24, 2.45) is 0 Å². The van der Waals surface area contributed by atoms with Crippen LogP contribution in [0.1, 0.15) is 31.9 Å². The first-order valence-electron chi connectivity index (χ1n) is 8.19. The Morgan fingerprint density at radius 2 is 1.75 bits per heavy atom. The van der Waals surface area contributed by atoms with Gasteiger partial charge in [0.05, 0.1) is 0 Å². The molecule has 0 aliphatic carbocycles. The molecule has 136 valence electrons. The van der Waals surface area contributed by atoms with E-state index in [4.69, 9.17) is 4.74 Å². The van der Waals surface area contributed by atoms with E-state index in [2.05, 4.69) is 21.8 Å². The van der Waals surface area contributed by atoms with Crippen LogP contribution in [0.15, 0.2) is 12.3 Å². The van der Waals surface area contributed by atoms with Gasteiger partial charge in [0.2, 0.25) is 5.88 Å². The summed E-state index contributed by atoms with van der Waals surface area (Å²) in [5.74, 6) is -0.329. The molecule has 2 rings (SSSR count). The number of pyridine rings is 1. The fourth-order valence-electron chi connectivity index (χ4n) is 2.52. The second-order valence-corrected chi connectivity index (χ2v) is 7.32. The van der Waals surface area contributed by atoms with E-state index >= 15 is 0 Å². The molecular weight excluding hydrogens is 319 g/mol. The van der Waals surface area contributed by atoms with Crippen LogP contribution in [0.2, 0.25) is 0 Å². The molecule has 0 amide bonds. The maximum Gasteiger partial charge on any atom is 0.421 e. The molecule has 2 heterocycles. The van der Waals surface area contributed by atoms with Gasteiger partial charge in [-0.15, -0.1) is 0 Å². The third-order valence-electron chi connectivity index (χ3n) is 4.26. The zero-order valence-corrected chi connectivity index (χ0v) is 14.8. The van der Waals surface area contributed by atoms with Gasteiger partial charge in [-0.1, -0.05) is 20.8 Å². The number of likely N-dealkylation sites (N-methyl/N-ethyl adjacent to an activating group) is 1. The molecule has 1 fully saturated rings. The number of halogens is 3. The lowest BCUT2D eigenvalue weighted by Crippen LogP contribution is -2.45. The van der Waals surface area contributed by atoms with Crippen molar-refractivity contribution in [3.63, 3.8) is 0 Å². The third kappa shape index (κ3) is 5.08. The number of ether oxygens (including phenoxy) is 1. The highest BCUT2D eigenvalue weighted by Gasteiger charge is 2.36. The molecule has 4 nitrogen and oxygen atoms in total. The maximum absolute atomic E-state index is 13.3. The minimum atomic E-state index is -4.47. The molecule has 1 saturated heterocycles. The van der Waals surface area contributed by atoms with Gasteiger partial charge in [-0.25, -0.2) is 4.98 Å². The Labute approximate surface area is 141 Å². The molecule has 0 atom stereocenters. The van der Waals surface area contributed by atoms with Crippen LogP contribution in [-0.4, -0.2) is 61.2 Å². The quantitative estimate of drug-likeness (QED) is 0.839. The van der Waals surface area contributed by atoms with Gasteiger partial charge < -0.3 is 9.64 Å². The lowest BCUT2D eigenvalue weighted by atomic mass is 9.87. The Morgan fingerprint density at radius 3 is 2.29 bits per heavy atom. The highest BCUT2D eigenvalue weighted by atomic mass is 19.4. The number of piperazine rings is 1. The minimum Gasteiger partial charge on any atom is -0.476 e. The predicted octanol–water partition coefficient (Wildman–Crippen LogP) is 3.02. The standard InChI is InChI=1S/C17H26F3N3O/c1-16(2,3)13-11-14(17(18,19)20)15(21-12-13)24-10-9-23-7-5-22(4)6-8-23/h11-12H,5-10H2,1-4H3. The van der Waals surface area contributed by atoms with E-state index < -0.39 is 17.2 Å². The Balaban J connectivity index is 2.04. The summed E-state index contributed by atoms with van der Waals surface area (Å²) >= 11 is 0. The van der Waals surface area contributed by atoms with Crippen molar-refractivity contribution in [3.8, 4) is 5.88 Å². The van der Waals surface area contributed by atoms with Crippen LogP contribution in [0.4, 0.5) is 13.2 Å². The van der Waals surface area contributed by atoms with Gasteiger partial charge in [0.25, 0.3) is 0 Å². The van der Waals surface area contributed by atoms with Crippen LogP contribution < -0.4 is 4.74 Å². The molecule has 7 heteroatoms. The Bertz CT molecular complexity index is 547. The Kier molecular flexibility index (Phi) is 5.75. The van der Waals surface area contributed by atoms with E-state index in [1.807, 2.05) is 20.8 Å². The van der Waals surface area contributed by atoms with Crippen molar-refractivity contribution in [2.75, 3.05) is 46.4 Å². The summed E-state index contributed by atoms with van der Waals surface area (Å²) in [7, 11) is 2.06. The molecule has 0 radical (unpaired) electrons. The lowest BCUT2D eigenvalue weighted by Gasteiger charge is -2.32. The van der Waals surface area contributed by atoms with Crippen LogP contribution in [-0.2, 0) is 11.6 Å². The number of rotatable bonds is 4. The highest BCUT2D eigenvalue weighted by Crippen LogP contribution is 2.37. The van der Waals surface area contributed by atoms with Crippen LogP contribution in [0, 0.1) is 0 Å². The molecule has 0 bridgehead atoms. The average Bonchev–Trinajstić information content (AvgIpc) is 2.47. The molecule has 1 aliphatic rings. The molecule has 1 aromatic heterocycles. The summed E-state index contributed by atoms with van der Waals surface area (Å²) in [4.78, 5) is 8.36. The van der Waals surface area contributed by atoms with Crippen molar-refractivity contribution >= 4 is 0 Å². The number of alkyl halides is 3. The molecule has 1 aromatic rings. The van der Waals surface area contributed by atoms with Crippen LogP contribution >= 0.6 is 0 Å². The normalized spacial score (nSPS) is 18.0. The largest absolute Gasteiger partial charge is 0.476 e. The topological polar surface area (TPSA) is 28.6 Å². The summed E-state index contributed by atoms with van der Waals surface area (Å²) in [5.41, 5.74) is -0.653. The molecule has 0 aromatic carbocycles. The zero-order chi connectivity index (χ0) is 18.0. The summed E-state index contributed by atoms with van der Waals surface area (Å²) in [6.07, 6.45) is -3.00. The van der Waals surface area contributed by atoms with E-state index in [9.17, 15) is 13.2 Å². The molecule has 0 N–H and O–H groups in total. The molecule has 1 aliphatic heterocycles. The van der Waals surface area contributed by atoms with E-state index in [1.54, 1.807) is 0 Å². The van der Waals surface area contributed by atoms with E-state index in [0.29, 0.717) is 12.1 Å².